The van der Waals surface area contributed by atoms with Crippen LogP contribution in [0.15, 0.2) is 42.5 Å². The first-order valence-electron chi connectivity index (χ1n) is 10.9. The molecule has 0 aliphatic heterocycles. The third-order valence-electron chi connectivity index (χ3n) is 5.84. The summed E-state index contributed by atoms with van der Waals surface area (Å²) in [5.74, 6) is 0.661. The van der Waals surface area contributed by atoms with Gasteiger partial charge in [0.1, 0.15) is 5.75 Å². The lowest BCUT2D eigenvalue weighted by molar-refractivity contribution is -0.0497. The van der Waals surface area contributed by atoms with Crippen molar-refractivity contribution in [1.82, 2.24) is 9.88 Å². The second-order valence-corrected chi connectivity index (χ2v) is 8.36. The van der Waals surface area contributed by atoms with Crippen LogP contribution in [-0.2, 0) is 6.54 Å². The van der Waals surface area contributed by atoms with E-state index in [0.29, 0.717) is 17.3 Å². The Morgan fingerprint density at radius 1 is 1.22 bits per heavy atom. The van der Waals surface area contributed by atoms with Crippen molar-refractivity contribution in [2.24, 2.45) is 5.92 Å². The number of rotatable bonds is 8. The minimum absolute atomic E-state index is 0.0890. The molecule has 8 heteroatoms. The number of nitrogens with one attached hydrogen (secondary N) is 2. The number of ether oxygens (including phenoxy) is 1. The number of benzene rings is 2. The van der Waals surface area contributed by atoms with Crippen molar-refractivity contribution < 1.29 is 18.3 Å². The molecule has 32 heavy (non-hydrogen) atoms. The number of carbonyl (C=O) groups excluding carboxylic acids is 1. The van der Waals surface area contributed by atoms with Gasteiger partial charge < -0.3 is 25.7 Å². The number of urea groups is 1. The molecule has 0 bridgehead atoms. The monoisotopic (exact) mass is 442 g/mol. The maximum absolute atomic E-state index is 12.7. The Kier molecular flexibility index (Phi) is 6.21. The fourth-order valence-electron chi connectivity index (χ4n) is 3.80. The number of nitrogens with zero attached hydrogens (tertiary/aromatic N) is 1. The highest BCUT2D eigenvalue weighted by molar-refractivity contribution is 6.01. The first-order chi connectivity index (χ1) is 15.4. The second-order valence-electron chi connectivity index (χ2n) is 8.36. The van der Waals surface area contributed by atoms with Crippen LogP contribution in [0.4, 0.5) is 25.0 Å². The number of hydrogen-bond acceptors (Lipinski definition) is 3. The number of hydrogen-bond donors (Lipinski definition) is 3. The Balaban J connectivity index is 1.66. The highest BCUT2D eigenvalue weighted by Crippen LogP contribution is 2.41. The van der Waals surface area contributed by atoms with Crippen LogP contribution in [-0.4, -0.2) is 23.3 Å². The molecule has 1 unspecified atom stereocenters. The van der Waals surface area contributed by atoms with E-state index < -0.39 is 6.61 Å². The topological polar surface area (TPSA) is 81.3 Å². The summed E-state index contributed by atoms with van der Waals surface area (Å²) in [5, 5.41) is 6.51. The van der Waals surface area contributed by atoms with Crippen molar-refractivity contribution in [2.45, 2.75) is 52.3 Å². The summed E-state index contributed by atoms with van der Waals surface area (Å²) in [6, 6.07) is 12.2. The summed E-state index contributed by atoms with van der Waals surface area (Å²) in [4.78, 5) is 12.1. The molecule has 3 aromatic rings. The smallest absolute Gasteiger partial charge is 0.387 e. The maximum Gasteiger partial charge on any atom is 0.387 e. The minimum atomic E-state index is -2.88. The summed E-state index contributed by atoms with van der Waals surface area (Å²) in [7, 11) is 0. The van der Waals surface area contributed by atoms with E-state index in [1.807, 2.05) is 38.1 Å². The summed E-state index contributed by atoms with van der Waals surface area (Å²) >= 11 is 0. The van der Waals surface area contributed by atoms with Crippen molar-refractivity contribution in [2.75, 3.05) is 11.1 Å². The molecule has 1 fully saturated rings. The maximum atomic E-state index is 12.7. The Bertz CT molecular complexity index is 1110. The summed E-state index contributed by atoms with van der Waals surface area (Å²) in [6.07, 6.45) is 3.13. The van der Waals surface area contributed by atoms with Crippen LogP contribution >= 0.6 is 0 Å². The molecule has 170 valence electrons. The van der Waals surface area contributed by atoms with Gasteiger partial charge in [-0.25, -0.2) is 4.79 Å². The molecule has 1 saturated carbocycles. The molecule has 1 heterocycles. The first-order valence-corrected chi connectivity index (χ1v) is 10.9. The first kappa shape index (κ1) is 21.9. The van der Waals surface area contributed by atoms with E-state index in [1.165, 1.54) is 6.07 Å². The number of fused-ring (bicyclic) bond motifs is 1. The predicted molar refractivity (Wildman–Crippen MR) is 123 cm³/mol. The normalized spacial score (nSPS) is 14.5. The Hall–Kier alpha value is -3.29. The molecule has 2 aromatic carbocycles. The van der Waals surface area contributed by atoms with Crippen LogP contribution in [0.25, 0.3) is 22.2 Å². The van der Waals surface area contributed by atoms with Crippen LogP contribution in [0.1, 0.15) is 33.1 Å². The largest absolute Gasteiger partial charge is 0.435 e. The molecule has 2 amide bonds. The molecule has 0 spiro atoms. The fraction of sp³-hybridized carbons (Fsp3) is 0.375. The number of carbonyl (C=O) groups is 1. The zero-order chi connectivity index (χ0) is 22.8. The lowest BCUT2D eigenvalue weighted by Crippen LogP contribution is -2.35. The summed E-state index contributed by atoms with van der Waals surface area (Å²) < 4.78 is 32.1. The molecule has 4 N–H and O–H groups in total. The molecule has 1 aliphatic rings. The third-order valence-corrected chi connectivity index (χ3v) is 5.84. The van der Waals surface area contributed by atoms with Crippen molar-refractivity contribution in [3.8, 4) is 17.0 Å². The van der Waals surface area contributed by atoms with Crippen molar-refractivity contribution >= 4 is 28.3 Å². The van der Waals surface area contributed by atoms with Gasteiger partial charge in [-0.15, -0.1) is 0 Å². The quantitative estimate of drug-likeness (QED) is 0.411. The molecule has 1 aromatic heterocycles. The van der Waals surface area contributed by atoms with Crippen molar-refractivity contribution in [3.05, 3.63) is 42.5 Å². The fourth-order valence-corrected chi connectivity index (χ4v) is 3.80. The standard InChI is InChI=1S/C24H28F2N4O2/c1-3-14(2)28-24(31)29-17-8-6-16(7-9-17)22-21(27)19-11-10-18(32-23(25)26)12-20(19)30(22)13-15-4-5-15/h6-12,14-15,23H,3-5,13,27H2,1-2H3,(H2,28,29,31). The molecular weight excluding hydrogens is 414 g/mol. The van der Waals surface area contributed by atoms with E-state index in [1.54, 1.807) is 12.1 Å². The van der Waals surface area contributed by atoms with E-state index in [-0.39, 0.29) is 17.8 Å². The van der Waals surface area contributed by atoms with Crippen LogP contribution in [0.5, 0.6) is 5.75 Å². The molecule has 1 atom stereocenters. The van der Waals surface area contributed by atoms with Gasteiger partial charge in [0.05, 0.1) is 16.9 Å². The van der Waals surface area contributed by atoms with E-state index in [4.69, 9.17) is 5.73 Å². The zero-order valence-electron chi connectivity index (χ0n) is 18.2. The Labute approximate surface area is 185 Å². The highest BCUT2D eigenvalue weighted by Gasteiger charge is 2.26. The van der Waals surface area contributed by atoms with Crippen LogP contribution < -0.4 is 21.1 Å². The van der Waals surface area contributed by atoms with Gasteiger partial charge in [0, 0.05) is 35.3 Å². The molecular formula is C24H28F2N4O2. The second kappa shape index (κ2) is 9.06. The van der Waals surface area contributed by atoms with Crippen molar-refractivity contribution in [3.63, 3.8) is 0 Å². The number of aromatic nitrogens is 1. The lowest BCUT2D eigenvalue weighted by Gasteiger charge is -2.14. The average molecular weight is 443 g/mol. The summed E-state index contributed by atoms with van der Waals surface area (Å²) in [5.41, 5.74) is 10.3. The average Bonchev–Trinajstić information content (AvgIpc) is 3.53. The predicted octanol–water partition coefficient (Wildman–Crippen LogP) is 5.82. The number of anilines is 2. The van der Waals surface area contributed by atoms with Gasteiger partial charge in [0.25, 0.3) is 0 Å². The van der Waals surface area contributed by atoms with E-state index in [0.717, 1.165) is 48.0 Å². The number of amides is 2. The van der Waals surface area contributed by atoms with E-state index in [2.05, 4.69) is 19.9 Å². The van der Waals surface area contributed by atoms with Gasteiger partial charge in [-0.1, -0.05) is 19.1 Å². The number of nitrogens with two attached hydrogens (primary N) is 1. The van der Waals surface area contributed by atoms with Crippen LogP contribution in [0.2, 0.25) is 0 Å². The van der Waals surface area contributed by atoms with E-state index >= 15 is 0 Å². The number of halogens is 2. The van der Waals surface area contributed by atoms with Gasteiger partial charge >= 0.3 is 12.6 Å². The molecule has 4 rings (SSSR count). The molecule has 0 radical (unpaired) electrons. The van der Waals surface area contributed by atoms with Crippen LogP contribution in [0, 0.1) is 5.92 Å². The number of nitrogen functional groups attached to an aromatic ring is 1. The zero-order valence-corrected chi connectivity index (χ0v) is 18.2. The Morgan fingerprint density at radius 2 is 1.94 bits per heavy atom. The van der Waals surface area contributed by atoms with Gasteiger partial charge in [-0.05, 0) is 56.4 Å². The number of alkyl halides is 2. The third kappa shape index (κ3) is 4.79. The van der Waals surface area contributed by atoms with Crippen molar-refractivity contribution in [1.29, 1.82) is 0 Å². The molecule has 0 saturated heterocycles. The SMILES string of the molecule is CCC(C)NC(=O)Nc1ccc(-c2c(N)c3ccc(OC(F)F)cc3n2CC2CC2)cc1. The van der Waals surface area contributed by atoms with Crippen LogP contribution in [0.3, 0.4) is 0 Å². The van der Waals surface area contributed by atoms with Gasteiger partial charge in [0.15, 0.2) is 0 Å². The van der Waals surface area contributed by atoms with E-state index in [9.17, 15) is 13.6 Å². The molecule has 6 nitrogen and oxygen atoms in total. The highest BCUT2D eigenvalue weighted by atomic mass is 19.3. The summed E-state index contributed by atoms with van der Waals surface area (Å²) in [6.45, 7) is 1.84. The lowest BCUT2D eigenvalue weighted by atomic mass is 10.1. The molecule has 1 aliphatic carbocycles. The Morgan fingerprint density at radius 3 is 2.56 bits per heavy atom. The minimum Gasteiger partial charge on any atom is -0.435 e. The van der Waals surface area contributed by atoms with Gasteiger partial charge in [0.2, 0.25) is 0 Å². The van der Waals surface area contributed by atoms with Gasteiger partial charge in [-0.3, -0.25) is 0 Å². The van der Waals surface area contributed by atoms with Gasteiger partial charge in [-0.2, -0.15) is 8.78 Å².